The number of nitrogens with two attached hydrogens (primary N) is 1. The maximum Gasteiger partial charge on any atom is 0.343 e. The molecule has 0 fully saturated rings. The highest BCUT2D eigenvalue weighted by Gasteiger charge is 2.45. The van der Waals surface area contributed by atoms with E-state index < -0.39 is 41.3 Å². The van der Waals surface area contributed by atoms with Gasteiger partial charge < -0.3 is 35.5 Å². The number of nitrogens with one attached hydrogen (secondary N) is 2. The fourth-order valence-corrected chi connectivity index (χ4v) is 7.04. The van der Waals surface area contributed by atoms with Gasteiger partial charge in [-0.1, -0.05) is 53.4 Å². The molecule has 14 nitrogen and oxygen atoms in total. The molecule has 0 spiro atoms. The van der Waals surface area contributed by atoms with Crippen LogP contribution in [0.5, 0.6) is 5.75 Å². The van der Waals surface area contributed by atoms with Crippen molar-refractivity contribution < 1.29 is 38.6 Å². The second kappa shape index (κ2) is 16.7. The number of carbonyl (C=O) groups excluding carboxylic acids is 5. The van der Waals surface area contributed by atoms with E-state index in [1.54, 1.807) is 42.7 Å². The molecule has 284 valence electrons. The van der Waals surface area contributed by atoms with Crippen molar-refractivity contribution in [3.05, 3.63) is 56.9 Å². The molecular formula is C39H49N5O9. The molecule has 3 amide bonds. The van der Waals surface area contributed by atoms with Crippen LogP contribution in [0.15, 0.2) is 29.1 Å². The van der Waals surface area contributed by atoms with Crippen LogP contribution in [-0.4, -0.2) is 56.9 Å². The average molecular weight is 732 g/mol. The second-order valence-corrected chi connectivity index (χ2v) is 13.9. The van der Waals surface area contributed by atoms with Gasteiger partial charge in [0, 0.05) is 29.5 Å². The summed E-state index contributed by atoms with van der Waals surface area (Å²) >= 11 is 0. The summed E-state index contributed by atoms with van der Waals surface area (Å²) in [7, 11) is 0. The normalized spacial score (nSPS) is 16.9. The zero-order valence-corrected chi connectivity index (χ0v) is 30.8. The largest absolute Gasteiger partial charge is 0.458 e. The number of esters is 2. The van der Waals surface area contributed by atoms with Crippen LogP contribution in [0.3, 0.4) is 0 Å². The summed E-state index contributed by atoms with van der Waals surface area (Å²) in [6.07, 6.45) is 5.60. The summed E-state index contributed by atoms with van der Waals surface area (Å²) in [6, 6.07) is 5.69. The van der Waals surface area contributed by atoms with E-state index in [0.717, 1.165) is 42.2 Å². The Bertz CT molecular complexity index is 1990. The van der Waals surface area contributed by atoms with Crippen LogP contribution in [0, 0.1) is 5.92 Å². The molecule has 2 aliphatic heterocycles. The van der Waals surface area contributed by atoms with E-state index in [1.165, 1.54) is 0 Å². The van der Waals surface area contributed by atoms with Gasteiger partial charge in [-0.3, -0.25) is 24.0 Å². The highest BCUT2D eigenvalue weighted by Crippen LogP contribution is 2.40. The number of cyclic esters (lactones) is 1. The number of primary amides is 1. The third-order valence-corrected chi connectivity index (χ3v) is 10.2. The minimum Gasteiger partial charge on any atom is -0.458 e. The lowest BCUT2D eigenvalue weighted by molar-refractivity contribution is -0.172. The first-order valence-corrected chi connectivity index (χ1v) is 18.5. The number of unbranched alkanes of at least 4 members (excludes halogenated alkanes) is 4. The van der Waals surface area contributed by atoms with Crippen molar-refractivity contribution >= 4 is 40.6 Å². The van der Waals surface area contributed by atoms with Gasteiger partial charge in [0.25, 0.3) is 5.56 Å². The van der Waals surface area contributed by atoms with Gasteiger partial charge in [-0.2, -0.15) is 0 Å². The molecule has 0 radical (unpaired) electrons. The van der Waals surface area contributed by atoms with Gasteiger partial charge in [-0.15, -0.1) is 0 Å². The zero-order valence-electron chi connectivity index (χ0n) is 30.8. The monoisotopic (exact) mass is 731 g/mol. The highest BCUT2D eigenvalue weighted by molar-refractivity contribution is 5.92. The van der Waals surface area contributed by atoms with E-state index in [-0.39, 0.29) is 68.0 Å². The number of rotatable bonds is 17. The van der Waals surface area contributed by atoms with Crippen molar-refractivity contribution in [2.45, 2.75) is 117 Å². The number of carbonyl (C=O) groups is 5. The maximum absolute atomic E-state index is 13.6. The molecule has 0 saturated heterocycles. The van der Waals surface area contributed by atoms with E-state index in [9.17, 15) is 33.9 Å². The molecule has 1 aromatic carbocycles. The van der Waals surface area contributed by atoms with Crippen molar-refractivity contribution in [3.8, 4) is 17.1 Å². The molecule has 0 aliphatic carbocycles. The van der Waals surface area contributed by atoms with Gasteiger partial charge in [0.2, 0.25) is 17.7 Å². The van der Waals surface area contributed by atoms with Gasteiger partial charge in [0.15, 0.2) is 5.60 Å². The lowest BCUT2D eigenvalue weighted by Gasteiger charge is -2.31. The molecule has 2 aromatic heterocycles. The predicted molar refractivity (Wildman–Crippen MR) is 195 cm³/mol. The van der Waals surface area contributed by atoms with Crippen molar-refractivity contribution in [1.82, 2.24) is 20.2 Å². The number of hydrogen-bond acceptors (Lipinski definition) is 10. The lowest BCUT2D eigenvalue weighted by atomic mass is 9.86. The SMILES string of the molecule is CCCCCCCC(=O)N[C@H](CC(N)=O)C(=O)NCC[C@H](C)C(=O)Oc1ccc2nc3c(c(CC)c2c1)Cn1c-3cc2c(c1=O)COC(=O)[C@]2(O)CC. The van der Waals surface area contributed by atoms with Crippen LogP contribution in [0.25, 0.3) is 22.3 Å². The Balaban J connectivity index is 1.24. The molecule has 0 bridgehead atoms. The third-order valence-electron chi connectivity index (χ3n) is 10.2. The molecule has 5 N–H and O–H groups in total. The number of aliphatic hydroxyl groups is 1. The number of amides is 3. The highest BCUT2D eigenvalue weighted by atomic mass is 16.6. The number of aromatic nitrogens is 2. The smallest absolute Gasteiger partial charge is 0.343 e. The Morgan fingerprint density at radius 1 is 1.08 bits per heavy atom. The summed E-state index contributed by atoms with van der Waals surface area (Å²) in [6.45, 7) is 7.56. The van der Waals surface area contributed by atoms with Crippen molar-refractivity contribution in [2.75, 3.05) is 6.54 Å². The van der Waals surface area contributed by atoms with Crippen LogP contribution >= 0.6 is 0 Å². The van der Waals surface area contributed by atoms with Gasteiger partial charge in [0.05, 0.1) is 41.4 Å². The van der Waals surface area contributed by atoms with Gasteiger partial charge in [-0.25, -0.2) is 9.78 Å². The first kappa shape index (κ1) is 39.1. The number of hydrogen-bond donors (Lipinski definition) is 4. The van der Waals surface area contributed by atoms with E-state index in [2.05, 4.69) is 17.6 Å². The van der Waals surface area contributed by atoms with Crippen LogP contribution in [0.4, 0.5) is 0 Å². The van der Waals surface area contributed by atoms with E-state index in [4.69, 9.17) is 20.2 Å². The minimum atomic E-state index is -1.92. The molecule has 3 atom stereocenters. The fourth-order valence-electron chi connectivity index (χ4n) is 7.04. The van der Waals surface area contributed by atoms with Gasteiger partial charge >= 0.3 is 11.9 Å². The van der Waals surface area contributed by atoms with Crippen LogP contribution in [0.2, 0.25) is 0 Å². The lowest BCUT2D eigenvalue weighted by Crippen LogP contribution is -2.49. The molecule has 3 aromatic rings. The van der Waals surface area contributed by atoms with Gasteiger partial charge in [-0.05, 0) is 55.5 Å². The summed E-state index contributed by atoms with van der Waals surface area (Å²) < 4.78 is 12.5. The molecule has 0 unspecified atom stereocenters. The quantitative estimate of drug-likeness (QED) is 0.0707. The summed E-state index contributed by atoms with van der Waals surface area (Å²) in [5.74, 6) is -3.20. The summed E-state index contributed by atoms with van der Waals surface area (Å²) in [4.78, 5) is 81.0. The number of benzene rings is 1. The maximum atomic E-state index is 13.6. The Morgan fingerprint density at radius 2 is 1.83 bits per heavy atom. The van der Waals surface area contributed by atoms with Crippen molar-refractivity contribution in [2.24, 2.45) is 11.7 Å². The number of fused-ring (bicyclic) bond motifs is 5. The fraction of sp³-hybridized carbons (Fsp3) is 0.513. The summed E-state index contributed by atoms with van der Waals surface area (Å²) in [5, 5.41) is 17.2. The molecule has 2 aliphatic rings. The molecule has 53 heavy (non-hydrogen) atoms. The van der Waals surface area contributed by atoms with Gasteiger partial charge in [0.1, 0.15) is 18.4 Å². The molecular weight excluding hydrogens is 682 g/mol. The number of ether oxygens (including phenoxy) is 2. The standard InChI is InChI=1S/C39H49N5O9/c1-5-8-9-10-11-12-33(46)42-30(19-32(40)45)35(47)41-16-15-22(4)37(49)53-23-13-14-29-25(17-23)24(6-2)26-20-44-31(34(26)43-29)18-28-27(36(44)48)21-52-38(50)39(28,51)7-3/h13-14,17-18,22,30,51H,5-12,15-16,19-21H2,1-4H3,(H2,40,45)(H,41,47)(H,42,46)/t22-,30+,39-/m0/s1. The number of nitrogens with zero attached hydrogens (tertiary/aromatic N) is 2. The minimum absolute atomic E-state index is 0.0467. The molecule has 4 heterocycles. The van der Waals surface area contributed by atoms with Crippen LogP contribution in [0.1, 0.15) is 108 Å². The molecule has 0 saturated carbocycles. The first-order valence-electron chi connectivity index (χ1n) is 18.5. The van der Waals surface area contributed by atoms with Crippen molar-refractivity contribution in [1.29, 1.82) is 0 Å². The Labute approximate surface area is 307 Å². The van der Waals surface area contributed by atoms with E-state index >= 15 is 0 Å². The number of pyridine rings is 2. The van der Waals surface area contributed by atoms with E-state index in [0.29, 0.717) is 35.5 Å². The Morgan fingerprint density at radius 3 is 2.53 bits per heavy atom. The molecule has 5 rings (SSSR count). The Kier molecular flexibility index (Phi) is 12.3. The predicted octanol–water partition coefficient (Wildman–Crippen LogP) is 3.41. The van der Waals surface area contributed by atoms with Crippen LogP contribution in [-0.2, 0) is 53.9 Å². The topological polar surface area (TPSA) is 209 Å². The van der Waals surface area contributed by atoms with Crippen LogP contribution < -0.4 is 26.7 Å². The average Bonchev–Trinajstić information content (AvgIpc) is 3.50. The first-order chi connectivity index (χ1) is 25.3. The summed E-state index contributed by atoms with van der Waals surface area (Å²) in [5.41, 5.74) is 7.03. The van der Waals surface area contributed by atoms with E-state index in [1.807, 2.05) is 6.92 Å². The van der Waals surface area contributed by atoms with Crippen molar-refractivity contribution in [3.63, 3.8) is 0 Å². The number of aryl methyl sites for hydroxylation is 1. The Hall–Kier alpha value is -5.11. The third kappa shape index (κ3) is 8.27. The zero-order chi connectivity index (χ0) is 38.4. The second-order valence-electron chi connectivity index (χ2n) is 13.9. The molecule has 14 heteroatoms.